The molecule has 2 amide bonds. The Bertz CT molecular complexity index is 815. The number of anilines is 1. The van der Waals surface area contributed by atoms with E-state index in [4.69, 9.17) is 4.74 Å². The maximum Gasteiger partial charge on any atom is 0.319 e. The summed E-state index contributed by atoms with van der Waals surface area (Å²) >= 11 is 0. The van der Waals surface area contributed by atoms with Gasteiger partial charge >= 0.3 is 6.03 Å². The van der Waals surface area contributed by atoms with E-state index in [1.165, 1.54) is 12.1 Å². The molecule has 25 heavy (non-hydrogen) atoms. The van der Waals surface area contributed by atoms with E-state index in [1.54, 1.807) is 36.3 Å². The number of hydrogen-bond acceptors (Lipinski definition) is 5. The van der Waals surface area contributed by atoms with Crippen molar-refractivity contribution in [2.45, 2.75) is 24.4 Å². The molecule has 0 aliphatic heterocycles. The number of nitrogens with one attached hydrogen (secondary N) is 2. The lowest BCUT2D eigenvalue weighted by atomic mass is 10.1. The number of carbonyl (C=O) groups is 1. The Balaban J connectivity index is 1.92. The predicted octanol–water partition coefficient (Wildman–Crippen LogP) is 1.82. The second-order valence-corrected chi connectivity index (χ2v) is 7.66. The number of hydrogen-bond donors (Lipinski definition) is 2. The van der Waals surface area contributed by atoms with Gasteiger partial charge in [-0.05, 0) is 24.6 Å². The molecule has 0 aliphatic rings. The normalized spacial score (nSPS) is 12.6. The lowest BCUT2D eigenvalue weighted by Crippen LogP contribution is -2.31. The Morgan fingerprint density at radius 1 is 1.32 bits per heavy atom. The van der Waals surface area contributed by atoms with E-state index < -0.39 is 9.84 Å². The second-order valence-electron chi connectivity index (χ2n) is 5.65. The van der Waals surface area contributed by atoms with Crippen LogP contribution in [0.25, 0.3) is 0 Å². The highest BCUT2D eigenvalue weighted by atomic mass is 32.2. The van der Waals surface area contributed by atoms with Gasteiger partial charge in [0.1, 0.15) is 0 Å². The van der Waals surface area contributed by atoms with Crippen LogP contribution >= 0.6 is 0 Å². The highest BCUT2D eigenvalue weighted by Crippen LogP contribution is 2.16. The molecule has 1 atom stereocenters. The lowest BCUT2D eigenvalue weighted by molar-refractivity contribution is 0.183. The number of ether oxygens (including phenoxy) is 1. The number of urea groups is 1. The highest BCUT2D eigenvalue weighted by molar-refractivity contribution is 7.90. The molecular weight excluding hydrogens is 344 g/mol. The first-order chi connectivity index (χ1) is 11.8. The molecular formula is C16H22N4O4S. The molecule has 1 heterocycles. The maximum absolute atomic E-state index is 12.1. The van der Waals surface area contributed by atoms with Crippen LogP contribution in [0.2, 0.25) is 0 Å². The van der Waals surface area contributed by atoms with E-state index in [0.717, 1.165) is 11.8 Å². The standard InChI is InChI=1S/C16H22N4O4S/c1-12(13-4-6-15(7-5-13)25(3,22)23)18-16(21)19-14-10-17-20(11-14)8-9-24-2/h4-7,10-12H,8-9H2,1-3H3,(H2,18,19,21). The zero-order chi connectivity index (χ0) is 18.4. The average molecular weight is 366 g/mol. The Morgan fingerprint density at radius 2 is 2.00 bits per heavy atom. The lowest BCUT2D eigenvalue weighted by Gasteiger charge is -2.15. The fraction of sp³-hybridized carbons (Fsp3) is 0.375. The quantitative estimate of drug-likeness (QED) is 0.778. The highest BCUT2D eigenvalue weighted by Gasteiger charge is 2.12. The van der Waals surface area contributed by atoms with E-state index in [9.17, 15) is 13.2 Å². The maximum atomic E-state index is 12.1. The monoisotopic (exact) mass is 366 g/mol. The van der Waals surface area contributed by atoms with Gasteiger partial charge < -0.3 is 15.4 Å². The summed E-state index contributed by atoms with van der Waals surface area (Å²) in [5.41, 5.74) is 1.38. The summed E-state index contributed by atoms with van der Waals surface area (Å²) in [6.07, 6.45) is 4.43. The van der Waals surface area contributed by atoms with Crippen molar-refractivity contribution < 1.29 is 17.9 Å². The summed E-state index contributed by atoms with van der Waals surface area (Å²) in [5, 5.41) is 9.61. The molecule has 0 saturated carbocycles. The van der Waals surface area contributed by atoms with Gasteiger partial charge in [0.05, 0.1) is 36.0 Å². The number of amides is 2. The molecule has 136 valence electrons. The Morgan fingerprint density at radius 3 is 2.60 bits per heavy atom. The zero-order valence-corrected chi connectivity index (χ0v) is 15.2. The summed E-state index contributed by atoms with van der Waals surface area (Å²) in [6.45, 7) is 2.95. The van der Waals surface area contributed by atoms with Crippen LogP contribution in [-0.2, 0) is 21.1 Å². The molecule has 1 unspecified atom stereocenters. The minimum absolute atomic E-state index is 0.247. The van der Waals surface area contributed by atoms with Gasteiger partial charge in [-0.3, -0.25) is 4.68 Å². The Labute approximate surface area is 147 Å². The summed E-state index contributed by atoms with van der Waals surface area (Å²) < 4.78 is 29.6. The van der Waals surface area contributed by atoms with Crippen LogP contribution < -0.4 is 10.6 Å². The first kappa shape index (κ1) is 18.9. The molecule has 2 rings (SSSR count). The van der Waals surface area contributed by atoms with Crippen molar-refractivity contribution in [3.8, 4) is 0 Å². The molecule has 2 N–H and O–H groups in total. The van der Waals surface area contributed by atoms with Crippen LogP contribution in [0.1, 0.15) is 18.5 Å². The SMILES string of the molecule is COCCn1cc(NC(=O)NC(C)c2ccc(S(C)(=O)=O)cc2)cn1. The molecule has 8 nitrogen and oxygen atoms in total. The van der Waals surface area contributed by atoms with Crippen molar-refractivity contribution >= 4 is 21.6 Å². The van der Waals surface area contributed by atoms with Crippen LogP contribution in [0.3, 0.4) is 0 Å². The summed E-state index contributed by atoms with van der Waals surface area (Å²) in [4.78, 5) is 12.3. The zero-order valence-electron chi connectivity index (χ0n) is 14.4. The molecule has 0 fully saturated rings. The van der Waals surface area contributed by atoms with E-state index >= 15 is 0 Å². The summed E-state index contributed by atoms with van der Waals surface area (Å²) in [7, 11) is -1.62. The molecule has 0 aliphatic carbocycles. The minimum Gasteiger partial charge on any atom is -0.383 e. The van der Waals surface area contributed by atoms with E-state index in [-0.39, 0.29) is 17.0 Å². The third-order valence-electron chi connectivity index (χ3n) is 3.57. The van der Waals surface area contributed by atoms with Crippen molar-refractivity contribution in [1.82, 2.24) is 15.1 Å². The first-order valence-electron chi connectivity index (χ1n) is 7.68. The largest absolute Gasteiger partial charge is 0.383 e. The molecule has 1 aromatic heterocycles. The van der Waals surface area contributed by atoms with E-state index in [2.05, 4.69) is 15.7 Å². The van der Waals surface area contributed by atoms with Gasteiger partial charge in [-0.1, -0.05) is 12.1 Å². The van der Waals surface area contributed by atoms with Crippen LogP contribution in [0.4, 0.5) is 10.5 Å². The summed E-state index contributed by atoms with van der Waals surface area (Å²) in [5.74, 6) is 0. The van der Waals surface area contributed by atoms with Crippen LogP contribution in [0.5, 0.6) is 0 Å². The molecule has 9 heteroatoms. The van der Waals surface area contributed by atoms with Crippen LogP contribution in [0.15, 0.2) is 41.6 Å². The number of rotatable bonds is 7. The van der Waals surface area contributed by atoms with Crippen molar-refractivity contribution in [3.63, 3.8) is 0 Å². The predicted molar refractivity (Wildman–Crippen MR) is 94.2 cm³/mol. The molecule has 2 aromatic rings. The second kappa shape index (κ2) is 8.13. The number of carbonyl (C=O) groups excluding carboxylic acids is 1. The third-order valence-corrected chi connectivity index (χ3v) is 4.70. The molecule has 0 spiro atoms. The Kier molecular flexibility index (Phi) is 6.16. The van der Waals surface area contributed by atoms with Gasteiger partial charge in [0.15, 0.2) is 9.84 Å². The van der Waals surface area contributed by atoms with Crippen molar-refractivity contribution in [2.24, 2.45) is 0 Å². The summed E-state index contributed by atoms with van der Waals surface area (Å²) in [6, 6.07) is 5.78. The first-order valence-corrected chi connectivity index (χ1v) is 9.57. The Hall–Kier alpha value is -2.39. The number of benzene rings is 1. The number of methoxy groups -OCH3 is 1. The minimum atomic E-state index is -3.23. The fourth-order valence-corrected chi connectivity index (χ4v) is 2.82. The van der Waals surface area contributed by atoms with Crippen molar-refractivity contribution in [2.75, 3.05) is 25.3 Å². The van der Waals surface area contributed by atoms with E-state index in [0.29, 0.717) is 18.8 Å². The van der Waals surface area contributed by atoms with Gasteiger partial charge in [-0.25, -0.2) is 13.2 Å². The number of nitrogens with zero attached hydrogens (tertiary/aromatic N) is 2. The fourth-order valence-electron chi connectivity index (χ4n) is 2.19. The van der Waals surface area contributed by atoms with Gasteiger partial charge in [-0.2, -0.15) is 5.10 Å². The van der Waals surface area contributed by atoms with Gasteiger partial charge in [0.25, 0.3) is 0 Å². The topological polar surface area (TPSA) is 102 Å². The average Bonchev–Trinajstić information content (AvgIpc) is 2.99. The van der Waals surface area contributed by atoms with Crippen molar-refractivity contribution in [1.29, 1.82) is 0 Å². The van der Waals surface area contributed by atoms with Gasteiger partial charge in [0, 0.05) is 19.6 Å². The number of sulfone groups is 1. The van der Waals surface area contributed by atoms with Crippen molar-refractivity contribution in [3.05, 3.63) is 42.2 Å². The van der Waals surface area contributed by atoms with Crippen LogP contribution in [-0.4, -0.2) is 44.2 Å². The number of aromatic nitrogens is 2. The van der Waals surface area contributed by atoms with Gasteiger partial charge in [0.2, 0.25) is 0 Å². The molecule has 0 saturated heterocycles. The smallest absolute Gasteiger partial charge is 0.319 e. The molecule has 0 radical (unpaired) electrons. The van der Waals surface area contributed by atoms with E-state index in [1.807, 2.05) is 6.92 Å². The van der Waals surface area contributed by atoms with Crippen LogP contribution in [0, 0.1) is 0 Å². The molecule has 0 bridgehead atoms. The van der Waals surface area contributed by atoms with Gasteiger partial charge in [-0.15, -0.1) is 0 Å². The molecule has 1 aromatic carbocycles. The third kappa shape index (κ3) is 5.57.